The second-order valence-corrected chi connectivity index (χ2v) is 10.6. The highest BCUT2D eigenvalue weighted by Gasteiger charge is 2.28. The van der Waals surface area contributed by atoms with Gasteiger partial charge < -0.3 is 14.9 Å². The van der Waals surface area contributed by atoms with Gasteiger partial charge in [-0.25, -0.2) is 4.98 Å². The van der Waals surface area contributed by atoms with Gasteiger partial charge >= 0.3 is 0 Å². The number of aromatic amines is 2. The lowest BCUT2D eigenvalue weighted by molar-refractivity contribution is -0.133. The second kappa shape index (κ2) is 9.20. The van der Waals surface area contributed by atoms with Gasteiger partial charge in [0, 0.05) is 79.8 Å². The van der Waals surface area contributed by atoms with Crippen molar-refractivity contribution in [3.63, 3.8) is 0 Å². The molecule has 37 heavy (non-hydrogen) atoms. The maximum absolute atomic E-state index is 12.4. The fraction of sp³-hybridized carbons (Fsp3) is 0.290. The van der Waals surface area contributed by atoms with Gasteiger partial charge in [0.25, 0.3) is 0 Å². The van der Waals surface area contributed by atoms with E-state index in [9.17, 15) is 4.79 Å². The van der Waals surface area contributed by atoms with Crippen LogP contribution in [-0.2, 0) is 11.3 Å². The monoisotopic (exact) mass is 489 g/mol. The molecule has 1 aliphatic heterocycles. The molecule has 6 nitrogen and oxygen atoms in total. The lowest BCUT2D eigenvalue weighted by atomic mass is 10.0. The number of piperazine rings is 1. The molecule has 7 rings (SSSR count). The molecule has 0 atom stereocenters. The third-order valence-corrected chi connectivity index (χ3v) is 7.97. The molecule has 1 aliphatic carbocycles. The quantitative estimate of drug-likeness (QED) is 0.316. The average molecular weight is 490 g/mol. The number of pyridine rings is 1. The predicted octanol–water partition coefficient (Wildman–Crippen LogP) is 5.82. The van der Waals surface area contributed by atoms with Crippen LogP contribution < -0.4 is 0 Å². The minimum atomic E-state index is 0.354. The van der Waals surface area contributed by atoms with Gasteiger partial charge in [0.15, 0.2) is 0 Å². The van der Waals surface area contributed by atoms with Crippen LogP contribution in [0.3, 0.4) is 0 Å². The third-order valence-electron chi connectivity index (χ3n) is 7.97. The number of rotatable bonds is 6. The summed E-state index contributed by atoms with van der Waals surface area (Å²) in [6, 6.07) is 19.7. The summed E-state index contributed by atoms with van der Waals surface area (Å²) >= 11 is 0. The lowest BCUT2D eigenvalue weighted by Gasteiger charge is -2.35. The number of carbonyl (C=O) groups is 1. The Morgan fingerprint density at radius 2 is 1.70 bits per heavy atom. The Balaban J connectivity index is 1.05. The van der Waals surface area contributed by atoms with Crippen molar-refractivity contribution in [2.24, 2.45) is 5.92 Å². The van der Waals surface area contributed by atoms with E-state index in [1.165, 1.54) is 40.5 Å². The fourth-order valence-corrected chi connectivity index (χ4v) is 5.54. The zero-order valence-corrected chi connectivity index (χ0v) is 20.9. The van der Waals surface area contributed by atoms with E-state index < -0.39 is 0 Å². The number of H-pyrrole nitrogens is 2. The number of amides is 1. The van der Waals surface area contributed by atoms with Crippen LogP contribution in [0.4, 0.5) is 0 Å². The minimum absolute atomic E-state index is 0.354. The van der Waals surface area contributed by atoms with Crippen molar-refractivity contribution < 1.29 is 4.79 Å². The molecule has 0 unspecified atom stereocenters. The lowest BCUT2D eigenvalue weighted by Crippen LogP contribution is -2.48. The van der Waals surface area contributed by atoms with E-state index in [4.69, 9.17) is 4.98 Å². The second-order valence-electron chi connectivity index (χ2n) is 10.6. The molecule has 2 aliphatic rings. The number of hydrogen-bond donors (Lipinski definition) is 2. The summed E-state index contributed by atoms with van der Waals surface area (Å²) in [4.78, 5) is 28.2. The molecule has 2 N–H and O–H groups in total. The first-order valence-electron chi connectivity index (χ1n) is 13.3. The SMILES string of the molecule is O=C(CC1CC1)N1CCN(Cc2ccc(-c3cnc4[nH]cc(-c5ccc6[nH]ccc6c5)c4c3)cc2)CC1. The Morgan fingerprint density at radius 3 is 2.51 bits per heavy atom. The molecule has 186 valence electrons. The smallest absolute Gasteiger partial charge is 0.222 e. The van der Waals surface area contributed by atoms with E-state index in [2.05, 4.69) is 80.6 Å². The van der Waals surface area contributed by atoms with Crippen LogP contribution in [0, 0.1) is 5.92 Å². The molecular weight excluding hydrogens is 458 g/mol. The standard InChI is InChI=1S/C31H31N5O/c37-30(15-21-1-2-21)36-13-11-35(12-14-36)20-22-3-5-23(6-4-22)26-17-27-28(19-34-31(27)33-18-26)24-7-8-29-25(16-24)9-10-32-29/h3-10,16-19,21,32H,1-2,11-15,20H2,(H,33,34). The summed E-state index contributed by atoms with van der Waals surface area (Å²) in [5, 5.41) is 2.34. The largest absolute Gasteiger partial charge is 0.361 e. The number of hydrogen-bond acceptors (Lipinski definition) is 3. The Morgan fingerprint density at radius 1 is 0.892 bits per heavy atom. The molecule has 3 aromatic heterocycles. The van der Waals surface area contributed by atoms with E-state index in [1.807, 2.05) is 12.4 Å². The van der Waals surface area contributed by atoms with Gasteiger partial charge in [-0.1, -0.05) is 30.3 Å². The van der Waals surface area contributed by atoms with Gasteiger partial charge in [0.05, 0.1) is 0 Å². The van der Waals surface area contributed by atoms with Crippen molar-refractivity contribution in [2.45, 2.75) is 25.8 Å². The number of benzene rings is 2. The van der Waals surface area contributed by atoms with Gasteiger partial charge in [-0.05, 0) is 65.1 Å². The van der Waals surface area contributed by atoms with E-state index in [1.54, 1.807) is 0 Å². The molecule has 6 heteroatoms. The minimum Gasteiger partial charge on any atom is -0.361 e. The van der Waals surface area contributed by atoms with Crippen molar-refractivity contribution in [1.82, 2.24) is 24.8 Å². The van der Waals surface area contributed by atoms with Crippen molar-refractivity contribution in [3.8, 4) is 22.3 Å². The summed E-state index contributed by atoms with van der Waals surface area (Å²) in [6.45, 7) is 4.52. The molecule has 1 amide bonds. The highest BCUT2D eigenvalue weighted by Crippen LogP contribution is 2.34. The Bertz CT molecular complexity index is 1570. The van der Waals surface area contributed by atoms with Crippen LogP contribution in [-0.4, -0.2) is 56.8 Å². The van der Waals surface area contributed by atoms with Crippen LogP contribution in [0.2, 0.25) is 0 Å². The molecule has 2 aromatic carbocycles. The van der Waals surface area contributed by atoms with E-state index in [0.29, 0.717) is 11.8 Å². The average Bonchev–Trinajstić information content (AvgIpc) is 3.45. The first-order chi connectivity index (χ1) is 18.2. The Hall–Kier alpha value is -3.90. The predicted molar refractivity (Wildman–Crippen MR) is 148 cm³/mol. The van der Waals surface area contributed by atoms with Gasteiger partial charge in [-0.3, -0.25) is 9.69 Å². The van der Waals surface area contributed by atoms with Crippen molar-refractivity contribution in [3.05, 3.63) is 78.8 Å². The number of nitrogens with zero attached hydrogens (tertiary/aromatic N) is 3. The molecule has 0 radical (unpaired) electrons. The van der Waals surface area contributed by atoms with E-state index in [0.717, 1.165) is 61.3 Å². The molecule has 0 bridgehead atoms. The first-order valence-corrected chi connectivity index (χ1v) is 13.3. The molecule has 2 fully saturated rings. The van der Waals surface area contributed by atoms with Gasteiger partial charge in [0.1, 0.15) is 5.65 Å². The van der Waals surface area contributed by atoms with Crippen LogP contribution in [0.15, 0.2) is 73.2 Å². The Kier molecular flexibility index (Phi) is 5.55. The molecular formula is C31H31N5O. The Labute approximate surface area is 216 Å². The van der Waals surface area contributed by atoms with Crippen LogP contribution in [0.1, 0.15) is 24.8 Å². The summed E-state index contributed by atoms with van der Waals surface area (Å²) in [7, 11) is 0. The van der Waals surface area contributed by atoms with Crippen LogP contribution in [0.25, 0.3) is 44.2 Å². The van der Waals surface area contributed by atoms with Crippen LogP contribution in [0.5, 0.6) is 0 Å². The highest BCUT2D eigenvalue weighted by atomic mass is 16.2. The molecule has 4 heterocycles. The van der Waals surface area contributed by atoms with Crippen molar-refractivity contribution in [2.75, 3.05) is 26.2 Å². The fourth-order valence-electron chi connectivity index (χ4n) is 5.54. The molecule has 5 aromatic rings. The van der Waals surface area contributed by atoms with E-state index >= 15 is 0 Å². The topological polar surface area (TPSA) is 68.0 Å². The third kappa shape index (κ3) is 4.53. The molecule has 1 saturated carbocycles. The number of aromatic nitrogens is 3. The maximum Gasteiger partial charge on any atom is 0.222 e. The number of carbonyl (C=O) groups excluding carboxylic acids is 1. The number of fused-ring (bicyclic) bond motifs is 2. The summed E-state index contributed by atoms with van der Waals surface area (Å²) in [6.07, 6.45) is 9.21. The zero-order chi connectivity index (χ0) is 24.8. The maximum atomic E-state index is 12.4. The van der Waals surface area contributed by atoms with Crippen LogP contribution >= 0.6 is 0 Å². The summed E-state index contributed by atoms with van der Waals surface area (Å²) in [5.74, 6) is 1.02. The van der Waals surface area contributed by atoms with E-state index in [-0.39, 0.29) is 0 Å². The van der Waals surface area contributed by atoms with Crippen molar-refractivity contribution >= 4 is 27.8 Å². The van der Waals surface area contributed by atoms with Gasteiger partial charge in [-0.15, -0.1) is 0 Å². The molecule has 1 saturated heterocycles. The molecule has 0 spiro atoms. The summed E-state index contributed by atoms with van der Waals surface area (Å²) in [5.41, 5.74) is 7.98. The zero-order valence-electron chi connectivity index (χ0n) is 20.9. The summed E-state index contributed by atoms with van der Waals surface area (Å²) < 4.78 is 0. The van der Waals surface area contributed by atoms with Gasteiger partial charge in [-0.2, -0.15) is 0 Å². The van der Waals surface area contributed by atoms with Crippen molar-refractivity contribution in [1.29, 1.82) is 0 Å². The number of nitrogens with one attached hydrogen (secondary N) is 2. The normalized spacial score (nSPS) is 16.6. The highest BCUT2D eigenvalue weighted by molar-refractivity contribution is 5.98. The van der Waals surface area contributed by atoms with Gasteiger partial charge in [0.2, 0.25) is 5.91 Å². The first kappa shape index (κ1) is 22.3.